The Bertz CT molecular complexity index is 398. The average Bonchev–Trinajstić information content (AvgIpc) is 2.41. The Morgan fingerprint density at radius 1 is 0.611 bits per heavy atom. The SMILES string of the molecule is CCc1ccc(F)cc1.CCc1ccc(F)cc1. The summed E-state index contributed by atoms with van der Waals surface area (Å²) in [7, 11) is 0. The van der Waals surface area contributed by atoms with E-state index in [9.17, 15) is 8.78 Å². The first-order valence-electron chi connectivity index (χ1n) is 6.14. The summed E-state index contributed by atoms with van der Waals surface area (Å²) in [4.78, 5) is 0. The van der Waals surface area contributed by atoms with Crippen LogP contribution >= 0.6 is 0 Å². The molecule has 0 aliphatic rings. The third-order valence-electron chi connectivity index (χ3n) is 2.64. The van der Waals surface area contributed by atoms with E-state index < -0.39 is 0 Å². The minimum Gasteiger partial charge on any atom is -0.207 e. The van der Waals surface area contributed by atoms with Crippen LogP contribution in [-0.4, -0.2) is 0 Å². The number of aryl methyl sites for hydroxylation is 2. The summed E-state index contributed by atoms with van der Waals surface area (Å²) < 4.78 is 24.4. The van der Waals surface area contributed by atoms with Gasteiger partial charge in [0.05, 0.1) is 0 Å². The predicted octanol–water partition coefficient (Wildman–Crippen LogP) is 4.78. The van der Waals surface area contributed by atoms with Gasteiger partial charge in [-0.1, -0.05) is 38.1 Å². The summed E-state index contributed by atoms with van der Waals surface area (Å²) in [5.41, 5.74) is 2.35. The number of halogens is 2. The van der Waals surface area contributed by atoms with E-state index in [1.54, 1.807) is 24.3 Å². The van der Waals surface area contributed by atoms with Gasteiger partial charge in [0, 0.05) is 0 Å². The summed E-state index contributed by atoms with van der Waals surface area (Å²) in [5, 5.41) is 0. The molecule has 2 aromatic rings. The molecular formula is C16H18F2. The van der Waals surface area contributed by atoms with E-state index in [0.717, 1.165) is 12.8 Å². The van der Waals surface area contributed by atoms with E-state index in [2.05, 4.69) is 0 Å². The van der Waals surface area contributed by atoms with Gasteiger partial charge in [0.1, 0.15) is 11.6 Å². The third-order valence-corrected chi connectivity index (χ3v) is 2.64. The molecule has 0 nitrogen and oxygen atoms in total. The van der Waals surface area contributed by atoms with Gasteiger partial charge in [-0.05, 0) is 48.2 Å². The molecule has 96 valence electrons. The first-order valence-corrected chi connectivity index (χ1v) is 6.14. The van der Waals surface area contributed by atoms with Crippen LogP contribution in [0.5, 0.6) is 0 Å². The number of hydrogen-bond acceptors (Lipinski definition) is 0. The first-order chi connectivity index (χ1) is 8.65. The van der Waals surface area contributed by atoms with Gasteiger partial charge in [-0.2, -0.15) is 0 Å². The summed E-state index contributed by atoms with van der Waals surface area (Å²) in [5.74, 6) is -0.320. The van der Waals surface area contributed by atoms with Gasteiger partial charge in [0.15, 0.2) is 0 Å². The second-order valence-electron chi connectivity index (χ2n) is 3.96. The molecule has 0 aromatic heterocycles. The lowest BCUT2D eigenvalue weighted by molar-refractivity contribution is 0.626. The highest BCUT2D eigenvalue weighted by Gasteiger charge is 1.88. The first kappa shape index (κ1) is 14.4. The lowest BCUT2D eigenvalue weighted by atomic mass is 10.2. The van der Waals surface area contributed by atoms with Gasteiger partial charge in [-0.3, -0.25) is 0 Å². The molecule has 0 saturated carbocycles. The highest BCUT2D eigenvalue weighted by molar-refractivity contribution is 5.16. The number of benzene rings is 2. The normalized spacial score (nSPS) is 9.56. The Labute approximate surface area is 107 Å². The molecule has 0 unspecified atom stereocenters. The Morgan fingerprint density at radius 3 is 1.11 bits per heavy atom. The zero-order valence-corrected chi connectivity index (χ0v) is 10.8. The molecule has 0 spiro atoms. The Kier molecular flexibility index (Phi) is 6.06. The Morgan fingerprint density at radius 2 is 0.889 bits per heavy atom. The molecule has 18 heavy (non-hydrogen) atoms. The molecule has 0 bridgehead atoms. The van der Waals surface area contributed by atoms with E-state index in [0.29, 0.717) is 0 Å². The van der Waals surface area contributed by atoms with Crippen molar-refractivity contribution in [3.8, 4) is 0 Å². The fourth-order valence-electron chi connectivity index (χ4n) is 1.44. The summed E-state index contributed by atoms with van der Waals surface area (Å²) in [6, 6.07) is 13.1. The van der Waals surface area contributed by atoms with Crippen molar-refractivity contribution >= 4 is 0 Å². The fraction of sp³-hybridized carbons (Fsp3) is 0.250. The minimum atomic E-state index is -0.160. The van der Waals surface area contributed by atoms with Crippen LogP contribution in [0.3, 0.4) is 0 Å². The molecule has 0 fully saturated rings. The van der Waals surface area contributed by atoms with Crippen molar-refractivity contribution in [2.24, 2.45) is 0 Å². The maximum Gasteiger partial charge on any atom is 0.123 e. The summed E-state index contributed by atoms with van der Waals surface area (Å²) in [6.07, 6.45) is 1.94. The fourth-order valence-corrected chi connectivity index (χ4v) is 1.44. The van der Waals surface area contributed by atoms with Gasteiger partial charge in [0.2, 0.25) is 0 Å². The second kappa shape index (κ2) is 7.59. The number of hydrogen-bond donors (Lipinski definition) is 0. The largest absolute Gasteiger partial charge is 0.207 e. The Hall–Kier alpha value is -1.70. The van der Waals surface area contributed by atoms with Gasteiger partial charge in [-0.15, -0.1) is 0 Å². The minimum absolute atomic E-state index is 0.160. The van der Waals surface area contributed by atoms with Crippen molar-refractivity contribution in [3.05, 3.63) is 71.3 Å². The van der Waals surface area contributed by atoms with E-state index in [-0.39, 0.29) is 11.6 Å². The monoisotopic (exact) mass is 248 g/mol. The van der Waals surface area contributed by atoms with Gasteiger partial charge < -0.3 is 0 Å². The van der Waals surface area contributed by atoms with Crippen LogP contribution in [0.4, 0.5) is 8.78 Å². The molecule has 2 rings (SSSR count). The van der Waals surface area contributed by atoms with Crippen LogP contribution in [0, 0.1) is 11.6 Å². The standard InChI is InChI=1S/2C8H9F/c2*1-2-7-3-5-8(9)6-4-7/h2*3-6H,2H2,1H3. The maximum absolute atomic E-state index is 12.2. The second-order valence-corrected chi connectivity index (χ2v) is 3.96. The molecule has 2 heteroatoms. The summed E-state index contributed by atoms with van der Waals surface area (Å²) >= 11 is 0. The third kappa shape index (κ3) is 5.09. The molecule has 2 aromatic carbocycles. The van der Waals surface area contributed by atoms with Crippen LogP contribution in [0.15, 0.2) is 48.5 Å². The predicted molar refractivity (Wildman–Crippen MR) is 71.6 cm³/mol. The van der Waals surface area contributed by atoms with E-state index in [1.807, 2.05) is 13.8 Å². The lowest BCUT2D eigenvalue weighted by Crippen LogP contribution is -1.78. The highest BCUT2D eigenvalue weighted by atomic mass is 19.1. The van der Waals surface area contributed by atoms with Crippen molar-refractivity contribution in [2.75, 3.05) is 0 Å². The quantitative estimate of drug-likeness (QED) is 0.717. The number of rotatable bonds is 2. The van der Waals surface area contributed by atoms with Crippen LogP contribution in [0.1, 0.15) is 25.0 Å². The zero-order valence-electron chi connectivity index (χ0n) is 10.8. The van der Waals surface area contributed by atoms with Gasteiger partial charge in [-0.25, -0.2) is 8.78 Å². The molecule has 0 atom stereocenters. The summed E-state index contributed by atoms with van der Waals surface area (Å²) in [6.45, 7) is 4.10. The van der Waals surface area contributed by atoms with E-state index >= 15 is 0 Å². The molecule has 0 aliphatic carbocycles. The van der Waals surface area contributed by atoms with Crippen molar-refractivity contribution in [3.63, 3.8) is 0 Å². The molecule has 0 N–H and O–H groups in total. The van der Waals surface area contributed by atoms with Gasteiger partial charge >= 0.3 is 0 Å². The molecule has 0 radical (unpaired) electrons. The molecule has 0 aliphatic heterocycles. The van der Waals surface area contributed by atoms with E-state index in [1.165, 1.54) is 35.4 Å². The zero-order chi connectivity index (χ0) is 13.4. The van der Waals surface area contributed by atoms with Crippen molar-refractivity contribution in [2.45, 2.75) is 26.7 Å². The lowest BCUT2D eigenvalue weighted by Gasteiger charge is -1.92. The molecule has 0 heterocycles. The maximum atomic E-state index is 12.2. The smallest absolute Gasteiger partial charge is 0.123 e. The van der Waals surface area contributed by atoms with Crippen LogP contribution in [0.2, 0.25) is 0 Å². The van der Waals surface area contributed by atoms with Crippen molar-refractivity contribution < 1.29 is 8.78 Å². The molecule has 0 amide bonds. The highest BCUT2D eigenvalue weighted by Crippen LogP contribution is 2.02. The topological polar surface area (TPSA) is 0 Å². The molecule has 0 saturated heterocycles. The van der Waals surface area contributed by atoms with Crippen molar-refractivity contribution in [1.82, 2.24) is 0 Å². The van der Waals surface area contributed by atoms with Crippen LogP contribution in [-0.2, 0) is 12.8 Å². The average molecular weight is 248 g/mol. The van der Waals surface area contributed by atoms with E-state index in [4.69, 9.17) is 0 Å². The van der Waals surface area contributed by atoms with Crippen LogP contribution in [0.25, 0.3) is 0 Å². The van der Waals surface area contributed by atoms with Gasteiger partial charge in [0.25, 0.3) is 0 Å². The molecular weight excluding hydrogens is 230 g/mol. The van der Waals surface area contributed by atoms with Crippen molar-refractivity contribution in [1.29, 1.82) is 0 Å². The Balaban J connectivity index is 0.000000180. The van der Waals surface area contributed by atoms with Crippen LogP contribution < -0.4 is 0 Å².